The van der Waals surface area contributed by atoms with Crippen LogP contribution in [0.4, 0.5) is 0 Å². The molecular weight excluding hydrogens is 276 g/mol. The molecule has 1 atom stereocenters. The van der Waals surface area contributed by atoms with Crippen molar-refractivity contribution in [1.29, 1.82) is 0 Å². The molecule has 7 nitrogen and oxygen atoms in total. The predicted molar refractivity (Wildman–Crippen MR) is 73.1 cm³/mol. The third-order valence-electron chi connectivity index (χ3n) is 3.29. The maximum absolute atomic E-state index is 12.2. The molecule has 1 aliphatic rings. The summed E-state index contributed by atoms with van der Waals surface area (Å²) in [6, 6.07) is -1.13. The van der Waals surface area contributed by atoms with Crippen molar-refractivity contribution in [3.8, 4) is 0 Å². The summed E-state index contributed by atoms with van der Waals surface area (Å²) in [5.41, 5.74) is 0.967. The Morgan fingerprint density at radius 3 is 2.95 bits per heavy atom. The maximum atomic E-state index is 12.2. The molecule has 0 fully saturated rings. The van der Waals surface area contributed by atoms with Crippen molar-refractivity contribution in [2.75, 3.05) is 13.2 Å². The average Bonchev–Trinajstić information content (AvgIpc) is 2.90. The highest BCUT2D eigenvalue weighted by Gasteiger charge is 2.27. The number of hydrogen-bond acceptors (Lipinski definition) is 5. The van der Waals surface area contributed by atoms with Gasteiger partial charge in [-0.15, -0.1) is 6.58 Å². The second kappa shape index (κ2) is 7.03. The van der Waals surface area contributed by atoms with Crippen LogP contribution in [0.1, 0.15) is 34.7 Å². The number of nitrogens with one attached hydrogen (secondary N) is 1. The third-order valence-corrected chi connectivity index (χ3v) is 3.29. The third kappa shape index (κ3) is 3.69. The molecule has 114 valence electrons. The van der Waals surface area contributed by atoms with Crippen LogP contribution in [0.25, 0.3) is 0 Å². The second-order valence-electron chi connectivity index (χ2n) is 4.83. The summed E-state index contributed by atoms with van der Waals surface area (Å²) in [4.78, 5) is 23.3. The Morgan fingerprint density at radius 1 is 1.48 bits per heavy atom. The van der Waals surface area contributed by atoms with E-state index in [0.29, 0.717) is 0 Å². The quantitative estimate of drug-likeness (QED) is 0.573. The Bertz CT molecular complexity index is 537. The Hall–Kier alpha value is -2.15. The minimum Gasteiger partial charge on any atom is -0.480 e. The average molecular weight is 294 g/mol. The van der Waals surface area contributed by atoms with Crippen molar-refractivity contribution < 1.29 is 24.0 Å². The minimum atomic E-state index is -1.16. The van der Waals surface area contributed by atoms with Crippen LogP contribution in [0.3, 0.4) is 0 Å². The Kier molecular flexibility index (Phi) is 5.10. The predicted octanol–water partition coefficient (Wildman–Crippen LogP) is 0.939. The van der Waals surface area contributed by atoms with E-state index in [1.54, 1.807) is 0 Å². The minimum absolute atomic E-state index is 0.132. The van der Waals surface area contributed by atoms with Gasteiger partial charge in [-0.05, 0) is 19.3 Å². The van der Waals surface area contributed by atoms with Crippen LogP contribution < -0.4 is 5.32 Å². The highest BCUT2D eigenvalue weighted by molar-refractivity contribution is 5.96. The number of aromatic nitrogens is 1. The summed E-state index contributed by atoms with van der Waals surface area (Å²) in [6.07, 6.45) is 4.98. The number of fused-ring (bicyclic) bond motifs is 1. The molecule has 0 radical (unpaired) electrons. The van der Waals surface area contributed by atoms with Gasteiger partial charge in [0, 0.05) is 12.0 Å². The summed E-state index contributed by atoms with van der Waals surface area (Å²) in [5, 5.41) is 15.3. The van der Waals surface area contributed by atoms with E-state index in [1.165, 1.54) is 6.08 Å². The van der Waals surface area contributed by atoms with E-state index >= 15 is 0 Å². The van der Waals surface area contributed by atoms with Gasteiger partial charge in [0.25, 0.3) is 5.91 Å². The number of aliphatic carboxylic acids is 1. The van der Waals surface area contributed by atoms with Crippen molar-refractivity contribution >= 4 is 11.9 Å². The maximum Gasteiger partial charge on any atom is 0.328 e. The first-order chi connectivity index (χ1) is 10.1. The van der Waals surface area contributed by atoms with E-state index in [1.807, 2.05) is 0 Å². The number of ether oxygens (including phenoxy) is 1. The van der Waals surface area contributed by atoms with Gasteiger partial charge in [-0.25, -0.2) is 4.79 Å². The number of carbonyl (C=O) groups excluding carboxylic acids is 1. The molecule has 0 spiro atoms. The summed E-state index contributed by atoms with van der Waals surface area (Å²) >= 11 is 0. The van der Waals surface area contributed by atoms with Crippen LogP contribution >= 0.6 is 0 Å². The first-order valence-corrected chi connectivity index (χ1v) is 6.83. The van der Waals surface area contributed by atoms with E-state index in [-0.39, 0.29) is 18.9 Å². The fourth-order valence-corrected chi connectivity index (χ4v) is 2.23. The molecule has 1 aromatic heterocycles. The summed E-state index contributed by atoms with van der Waals surface area (Å²) < 4.78 is 10.2. The van der Waals surface area contributed by atoms with E-state index in [2.05, 4.69) is 17.1 Å². The molecular formula is C14H18N2O5. The first-order valence-electron chi connectivity index (χ1n) is 6.83. The van der Waals surface area contributed by atoms with Crippen LogP contribution in [0.15, 0.2) is 17.2 Å². The normalized spacial score (nSPS) is 15.0. The van der Waals surface area contributed by atoms with Gasteiger partial charge in [0.05, 0.1) is 13.2 Å². The van der Waals surface area contributed by atoms with Crippen molar-refractivity contribution in [2.45, 2.75) is 31.7 Å². The number of nitrogens with zero attached hydrogens (tertiary/aromatic N) is 1. The Balaban J connectivity index is 2.03. The smallest absolute Gasteiger partial charge is 0.328 e. The number of carboxylic acids is 1. The van der Waals surface area contributed by atoms with Crippen molar-refractivity contribution in [1.82, 2.24) is 10.5 Å². The molecule has 7 heteroatoms. The van der Waals surface area contributed by atoms with E-state index in [9.17, 15) is 9.59 Å². The van der Waals surface area contributed by atoms with Gasteiger partial charge in [0.15, 0.2) is 11.7 Å². The molecule has 0 saturated heterocycles. The van der Waals surface area contributed by atoms with E-state index in [0.717, 1.165) is 37.0 Å². The second-order valence-corrected chi connectivity index (χ2v) is 4.83. The lowest BCUT2D eigenvalue weighted by Crippen LogP contribution is -2.44. The van der Waals surface area contributed by atoms with Gasteiger partial charge in [-0.2, -0.15) is 0 Å². The van der Waals surface area contributed by atoms with Gasteiger partial charge in [0.2, 0.25) is 0 Å². The zero-order chi connectivity index (χ0) is 15.2. The van der Waals surface area contributed by atoms with Crippen LogP contribution in [-0.2, 0) is 22.4 Å². The molecule has 2 N–H and O–H groups in total. The molecule has 0 aromatic carbocycles. The van der Waals surface area contributed by atoms with E-state index < -0.39 is 17.9 Å². The highest BCUT2D eigenvalue weighted by atomic mass is 16.5. The van der Waals surface area contributed by atoms with Gasteiger partial charge in [0.1, 0.15) is 5.76 Å². The molecule has 2 rings (SSSR count). The van der Waals surface area contributed by atoms with E-state index in [4.69, 9.17) is 14.4 Å². The molecule has 21 heavy (non-hydrogen) atoms. The first kappa shape index (κ1) is 15.2. The number of aryl methyl sites for hydroxylation is 1. The molecule has 1 heterocycles. The topological polar surface area (TPSA) is 102 Å². The fourth-order valence-electron chi connectivity index (χ4n) is 2.23. The number of hydrogen-bond donors (Lipinski definition) is 2. The van der Waals surface area contributed by atoms with Crippen molar-refractivity contribution in [3.63, 3.8) is 0 Å². The van der Waals surface area contributed by atoms with Gasteiger partial charge >= 0.3 is 5.97 Å². The molecule has 1 aliphatic carbocycles. The molecule has 0 aliphatic heterocycles. The Morgan fingerprint density at radius 2 is 2.24 bits per heavy atom. The lowest BCUT2D eigenvalue weighted by atomic mass is 9.96. The molecule has 1 amide bonds. The number of amides is 1. The van der Waals surface area contributed by atoms with Gasteiger partial charge in [-0.3, -0.25) is 4.79 Å². The summed E-state index contributed by atoms with van der Waals surface area (Å²) in [5.74, 6) is -0.984. The highest BCUT2D eigenvalue weighted by Crippen LogP contribution is 2.24. The summed E-state index contributed by atoms with van der Waals surface area (Å²) in [7, 11) is 0. The van der Waals surface area contributed by atoms with Crippen LogP contribution in [-0.4, -0.2) is 41.4 Å². The van der Waals surface area contributed by atoms with Crippen LogP contribution in [0, 0.1) is 0 Å². The standard InChI is InChI=1S/C14H18N2O5/c1-2-7-20-8-10(14(18)19)15-13(17)12-9-5-3-4-6-11(9)21-16-12/h2,10H,1,3-8H2,(H,15,17)(H,18,19). The molecule has 1 unspecified atom stereocenters. The van der Waals surface area contributed by atoms with Crippen molar-refractivity contribution in [3.05, 3.63) is 29.7 Å². The largest absolute Gasteiger partial charge is 0.480 e. The molecule has 0 bridgehead atoms. The lowest BCUT2D eigenvalue weighted by Gasteiger charge is -2.14. The molecule has 1 aromatic rings. The number of carboxylic acid groups (broad SMARTS) is 1. The number of carbonyl (C=O) groups is 2. The lowest BCUT2D eigenvalue weighted by molar-refractivity contribution is -0.140. The monoisotopic (exact) mass is 294 g/mol. The van der Waals surface area contributed by atoms with Gasteiger partial charge in [-0.1, -0.05) is 11.2 Å². The van der Waals surface area contributed by atoms with Crippen LogP contribution in [0.2, 0.25) is 0 Å². The van der Waals surface area contributed by atoms with Gasteiger partial charge < -0.3 is 19.7 Å². The SMILES string of the molecule is C=CCOCC(NC(=O)c1noc2c1CCCC2)C(=O)O. The number of rotatable bonds is 7. The fraction of sp³-hybridized carbons (Fsp3) is 0.500. The van der Waals surface area contributed by atoms with Crippen LogP contribution in [0.5, 0.6) is 0 Å². The zero-order valence-electron chi connectivity index (χ0n) is 11.6. The van der Waals surface area contributed by atoms with Crippen molar-refractivity contribution in [2.24, 2.45) is 0 Å². The zero-order valence-corrected chi connectivity index (χ0v) is 11.6. The Labute approximate surface area is 121 Å². The molecule has 0 saturated carbocycles. The summed E-state index contributed by atoms with van der Waals surface area (Å²) in [6.45, 7) is 3.56.